The quantitative estimate of drug-likeness (QED) is 0.389. The number of methoxy groups -OCH3 is 1. The van der Waals surface area contributed by atoms with Gasteiger partial charge in [-0.3, -0.25) is 4.79 Å². The van der Waals surface area contributed by atoms with E-state index in [4.69, 9.17) is 9.47 Å². The van der Waals surface area contributed by atoms with Crippen LogP contribution in [0.4, 0.5) is 0 Å². The summed E-state index contributed by atoms with van der Waals surface area (Å²) in [7, 11) is 1.50. The van der Waals surface area contributed by atoms with Gasteiger partial charge in [-0.2, -0.15) is 0 Å². The molecular formula is C19H28O5. The number of rotatable bonds is 10. The molecule has 2 atom stereocenters. The monoisotopic (exact) mass is 336 g/mol. The van der Waals surface area contributed by atoms with Crippen molar-refractivity contribution in [2.45, 2.75) is 58.2 Å². The average Bonchev–Trinajstić information content (AvgIpc) is 2.53. The van der Waals surface area contributed by atoms with E-state index in [2.05, 4.69) is 6.92 Å². The minimum Gasteiger partial charge on any atom is -0.493 e. The fourth-order valence-corrected chi connectivity index (χ4v) is 2.35. The van der Waals surface area contributed by atoms with Crippen LogP contribution in [0.5, 0.6) is 11.5 Å². The minimum absolute atomic E-state index is 0.322. The summed E-state index contributed by atoms with van der Waals surface area (Å²) < 4.78 is 10.2. The SMILES string of the molecule is CCCCC[C@@H](O)C[C@H](O)/C=C/c1ccc(OC(C)=O)c(OC)c1. The summed E-state index contributed by atoms with van der Waals surface area (Å²) in [5, 5.41) is 19.9. The highest BCUT2D eigenvalue weighted by Gasteiger charge is 2.10. The standard InChI is InChI=1S/C19H28O5/c1-4-5-6-7-16(21)13-17(22)10-8-15-9-11-18(24-14(2)20)19(12-15)23-3/h8-12,16-17,21-22H,4-7,13H2,1-3H3/b10-8+/t16-,17-/m1/s1. The predicted molar refractivity (Wildman–Crippen MR) is 94.1 cm³/mol. The maximum atomic E-state index is 11.0. The Balaban J connectivity index is 2.61. The lowest BCUT2D eigenvalue weighted by Gasteiger charge is -2.13. The second kappa shape index (κ2) is 10.8. The van der Waals surface area contributed by atoms with Gasteiger partial charge in [0.25, 0.3) is 0 Å². The van der Waals surface area contributed by atoms with E-state index >= 15 is 0 Å². The van der Waals surface area contributed by atoms with Gasteiger partial charge in [0.05, 0.1) is 19.3 Å². The van der Waals surface area contributed by atoms with Crippen LogP contribution in [0.1, 0.15) is 51.5 Å². The zero-order chi connectivity index (χ0) is 17.9. The molecule has 0 aliphatic carbocycles. The summed E-state index contributed by atoms with van der Waals surface area (Å²) >= 11 is 0. The van der Waals surface area contributed by atoms with Crippen molar-refractivity contribution in [3.05, 3.63) is 29.8 Å². The van der Waals surface area contributed by atoms with E-state index in [1.807, 2.05) is 0 Å². The van der Waals surface area contributed by atoms with E-state index in [1.165, 1.54) is 14.0 Å². The van der Waals surface area contributed by atoms with Gasteiger partial charge in [0.2, 0.25) is 0 Å². The third-order valence-electron chi connectivity index (χ3n) is 3.61. The molecule has 5 heteroatoms. The highest BCUT2D eigenvalue weighted by molar-refractivity contribution is 5.71. The predicted octanol–water partition coefficient (Wildman–Crippen LogP) is 3.33. The normalized spacial score (nSPS) is 13.7. The molecule has 0 unspecified atom stereocenters. The molecule has 0 amide bonds. The maximum Gasteiger partial charge on any atom is 0.308 e. The Morgan fingerprint density at radius 3 is 2.62 bits per heavy atom. The van der Waals surface area contributed by atoms with E-state index in [0.29, 0.717) is 24.3 Å². The molecule has 1 rings (SSSR count). The maximum absolute atomic E-state index is 11.0. The summed E-state index contributed by atoms with van der Waals surface area (Å²) in [6, 6.07) is 5.13. The van der Waals surface area contributed by atoms with Crippen molar-refractivity contribution in [1.82, 2.24) is 0 Å². The molecule has 134 valence electrons. The molecule has 24 heavy (non-hydrogen) atoms. The Hall–Kier alpha value is -1.85. The zero-order valence-corrected chi connectivity index (χ0v) is 14.7. The lowest BCUT2D eigenvalue weighted by Crippen LogP contribution is -2.15. The van der Waals surface area contributed by atoms with Crippen LogP contribution in [-0.2, 0) is 4.79 Å². The van der Waals surface area contributed by atoms with Gasteiger partial charge >= 0.3 is 5.97 Å². The van der Waals surface area contributed by atoms with E-state index in [0.717, 1.165) is 24.8 Å². The molecule has 0 aliphatic heterocycles. The van der Waals surface area contributed by atoms with E-state index in [1.54, 1.807) is 30.4 Å². The molecule has 0 aliphatic rings. The first kappa shape index (κ1) is 20.2. The van der Waals surface area contributed by atoms with Gasteiger partial charge in [0.1, 0.15) is 0 Å². The van der Waals surface area contributed by atoms with Crippen molar-refractivity contribution in [2.24, 2.45) is 0 Å². The van der Waals surface area contributed by atoms with Crippen LogP contribution >= 0.6 is 0 Å². The molecule has 0 spiro atoms. The zero-order valence-electron chi connectivity index (χ0n) is 14.7. The number of hydrogen-bond acceptors (Lipinski definition) is 5. The summed E-state index contributed by atoms with van der Waals surface area (Å²) in [5.74, 6) is 0.388. The van der Waals surface area contributed by atoms with Crippen LogP contribution in [-0.4, -0.2) is 35.5 Å². The fraction of sp³-hybridized carbons (Fsp3) is 0.526. The summed E-state index contributed by atoms with van der Waals surface area (Å²) in [4.78, 5) is 11.0. The van der Waals surface area contributed by atoms with Crippen LogP contribution in [0.2, 0.25) is 0 Å². The molecule has 0 heterocycles. The Kier molecular flexibility index (Phi) is 9.12. The molecule has 5 nitrogen and oxygen atoms in total. The summed E-state index contributed by atoms with van der Waals surface area (Å²) in [6.45, 7) is 3.44. The minimum atomic E-state index is -0.708. The van der Waals surface area contributed by atoms with Crippen molar-refractivity contribution in [3.8, 4) is 11.5 Å². The average molecular weight is 336 g/mol. The number of aliphatic hydroxyl groups excluding tert-OH is 2. The van der Waals surface area contributed by atoms with Crippen molar-refractivity contribution < 1.29 is 24.5 Å². The first-order valence-electron chi connectivity index (χ1n) is 8.37. The van der Waals surface area contributed by atoms with Gasteiger partial charge in [-0.05, 0) is 24.1 Å². The first-order chi connectivity index (χ1) is 11.5. The van der Waals surface area contributed by atoms with Gasteiger partial charge in [-0.25, -0.2) is 0 Å². The highest BCUT2D eigenvalue weighted by Crippen LogP contribution is 2.28. The number of carbonyl (C=O) groups excluding carboxylic acids is 1. The number of benzene rings is 1. The summed E-state index contributed by atoms with van der Waals surface area (Å²) in [6.07, 6.45) is 6.41. The molecule has 0 radical (unpaired) electrons. The van der Waals surface area contributed by atoms with Crippen LogP contribution in [0, 0.1) is 0 Å². The van der Waals surface area contributed by atoms with Crippen LogP contribution in [0.3, 0.4) is 0 Å². The largest absolute Gasteiger partial charge is 0.493 e. The molecule has 0 fully saturated rings. The number of hydrogen-bond donors (Lipinski definition) is 2. The van der Waals surface area contributed by atoms with Crippen molar-refractivity contribution in [1.29, 1.82) is 0 Å². The van der Waals surface area contributed by atoms with Gasteiger partial charge in [-0.15, -0.1) is 0 Å². The first-order valence-corrected chi connectivity index (χ1v) is 8.37. The second-order valence-corrected chi connectivity index (χ2v) is 5.82. The molecule has 1 aromatic rings. The van der Waals surface area contributed by atoms with E-state index < -0.39 is 18.2 Å². The van der Waals surface area contributed by atoms with Crippen LogP contribution in [0.25, 0.3) is 6.08 Å². The van der Waals surface area contributed by atoms with Crippen molar-refractivity contribution in [2.75, 3.05) is 7.11 Å². The Morgan fingerprint density at radius 2 is 2.00 bits per heavy atom. The van der Waals surface area contributed by atoms with Gasteiger partial charge in [-0.1, -0.05) is 44.4 Å². The van der Waals surface area contributed by atoms with E-state index in [-0.39, 0.29) is 0 Å². The second-order valence-electron chi connectivity index (χ2n) is 5.82. The molecule has 0 aromatic heterocycles. The molecule has 0 bridgehead atoms. The molecular weight excluding hydrogens is 308 g/mol. The number of carbonyl (C=O) groups is 1. The number of esters is 1. The van der Waals surface area contributed by atoms with Crippen LogP contribution < -0.4 is 9.47 Å². The fourth-order valence-electron chi connectivity index (χ4n) is 2.35. The molecule has 0 saturated heterocycles. The van der Waals surface area contributed by atoms with Gasteiger partial charge in [0.15, 0.2) is 11.5 Å². The van der Waals surface area contributed by atoms with Crippen molar-refractivity contribution in [3.63, 3.8) is 0 Å². The number of aliphatic hydroxyl groups is 2. The van der Waals surface area contributed by atoms with Gasteiger partial charge in [0, 0.05) is 13.3 Å². The topological polar surface area (TPSA) is 76.0 Å². The number of unbranched alkanes of at least 4 members (excludes halogenated alkanes) is 2. The molecule has 1 aromatic carbocycles. The third kappa shape index (κ3) is 7.62. The summed E-state index contributed by atoms with van der Waals surface area (Å²) in [5.41, 5.74) is 0.808. The Bertz CT molecular complexity index is 539. The van der Waals surface area contributed by atoms with Crippen molar-refractivity contribution >= 4 is 12.0 Å². The highest BCUT2D eigenvalue weighted by atomic mass is 16.6. The molecule has 2 N–H and O–H groups in total. The number of ether oxygens (including phenoxy) is 2. The van der Waals surface area contributed by atoms with Crippen LogP contribution in [0.15, 0.2) is 24.3 Å². The van der Waals surface area contributed by atoms with E-state index in [9.17, 15) is 15.0 Å². The Labute approximate surface area is 143 Å². The third-order valence-corrected chi connectivity index (χ3v) is 3.61. The molecule has 0 saturated carbocycles. The lowest BCUT2D eigenvalue weighted by atomic mass is 10.0. The smallest absolute Gasteiger partial charge is 0.308 e. The Morgan fingerprint density at radius 1 is 1.25 bits per heavy atom. The lowest BCUT2D eigenvalue weighted by molar-refractivity contribution is -0.132. The van der Waals surface area contributed by atoms with Gasteiger partial charge < -0.3 is 19.7 Å².